The number of imidazole rings is 1. The van der Waals surface area contributed by atoms with Crippen LogP contribution in [0.15, 0.2) is 0 Å². The second-order valence-corrected chi connectivity index (χ2v) is 4.20. The molecular formula is C11H17N3O2. The quantitative estimate of drug-likeness (QED) is 0.671. The molecule has 5 heteroatoms. The van der Waals surface area contributed by atoms with E-state index in [1.165, 1.54) is 0 Å². The smallest absolute Gasteiger partial charge is 0.223 e. The predicted octanol–water partition coefficient (Wildman–Crippen LogP) is -0.0685. The van der Waals surface area contributed by atoms with Crippen molar-refractivity contribution in [3.8, 4) is 0 Å². The molecule has 0 radical (unpaired) electrons. The molecule has 0 saturated heterocycles. The summed E-state index contributed by atoms with van der Waals surface area (Å²) >= 11 is 0. The number of H-pyrrole nitrogens is 1. The molecule has 5 nitrogen and oxygen atoms in total. The van der Waals surface area contributed by atoms with Crippen LogP contribution in [0.4, 0.5) is 0 Å². The van der Waals surface area contributed by atoms with E-state index in [-0.39, 0.29) is 18.4 Å². The van der Waals surface area contributed by atoms with E-state index in [2.05, 4.69) is 15.3 Å². The fourth-order valence-corrected chi connectivity index (χ4v) is 2.17. The molecular weight excluding hydrogens is 206 g/mol. The maximum Gasteiger partial charge on any atom is 0.223 e. The van der Waals surface area contributed by atoms with E-state index in [9.17, 15) is 4.79 Å². The monoisotopic (exact) mass is 223 g/mol. The summed E-state index contributed by atoms with van der Waals surface area (Å²) in [5.41, 5.74) is 2.19. The van der Waals surface area contributed by atoms with Crippen LogP contribution in [0.25, 0.3) is 0 Å². The highest BCUT2D eigenvalue weighted by Gasteiger charge is 2.26. The van der Waals surface area contributed by atoms with Crippen molar-refractivity contribution < 1.29 is 9.90 Å². The normalized spacial score (nSPS) is 19.2. The first-order valence-electron chi connectivity index (χ1n) is 5.63. The Balaban J connectivity index is 1.99. The second kappa shape index (κ2) is 4.65. The van der Waals surface area contributed by atoms with Crippen molar-refractivity contribution >= 4 is 5.91 Å². The van der Waals surface area contributed by atoms with Gasteiger partial charge in [-0.2, -0.15) is 0 Å². The zero-order valence-corrected chi connectivity index (χ0v) is 9.42. The van der Waals surface area contributed by atoms with Crippen LogP contribution in [-0.4, -0.2) is 34.1 Å². The average Bonchev–Trinajstić information content (AvgIpc) is 2.64. The summed E-state index contributed by atoms with van der Waals surface area (Å²) in [7, 11) is 0. The maximum absolute atomic E-state index is 11.7. The Morgan fingerprint density at radius 2 is 2.50 bits per heavy atom. The maximum atomic E-state index is 11.7. The van der Waals surface area contributed by atoms with Gasteiger partial charge in [0.25, 0.3) is 0 Å². The number of rotatable bonds is 3. The molecule has 1 aliphatic rings. The van der Waals surface area contributed by atoms with Crippen LogP contribution in [0.1, 0.15) is 23.6 Å². The first kappa shape index (κ1) is 11.1. The summed E-state index contributed by atoms with van der Waals surface area (Å²) in [6, 6.07) is 0. The summed E-state index contributed by atoms with van der Waals surface area (Å²) in [5.74, 6) is 0.965. The van der Waals surface area contributed by atoms with Crippen LogP contribution in [0, 0.1) is 12.8 Å². The Labute approximate surface area is 94.3 Å². The van der Waals surface area contributed by atoms with Crippen LogP contribution in [0.5, 0.6) is 0 Å². The molecule has 1 unspecified atom stereocenters. The lowest BCUT2D eigenvalue weighted by Gasteiger charge is -2.20. The minimum atomic E-state index is -0.00707. The highest BCUT2D eigenvalue weighted by molar-refractivity contribution is 5.79. The van der Waals surface area contributed by atoms with Crippen molar-refractivity contribution in [2.45, 2.75) is 26.2 Å². The van der Waals surface area contributed by atoms with Gasteiger partial charge in [-0.25, -0.2) is 4.98 Å². The summed E-state index contributed by atoms with van der Waals surface area (Å²) in [6.07, 6.45) is 2.43. The van der Waals surface area contributed by atoms with Gasteiger partial charge in [-0.15, -0.1) is 0 Å². The van der Waals surface area contributed by atoms with Crippen molar-refractivity contribution in [2.24, 2.45) is 5.92 Å². The molecule has 0 aliphatic heterocycles. The lowest BCUT2D eigenvalue weighted by molar-refractivity contribution is -0.125. The summed E-state index contributed by atoms with van der Waals surface area (Å²) in [6.45, 7) is 2.26. The largest absolute Gasteiger partial charge is 0.395 e. The predicted molar refractivity (Wildman–Crippen MR) is 58.9 cm³/mol. The molecule has 0 aromatic carbocycles. The third-order valence-corrected chi connectivity index (χ3v) is 2.94. The molecule has 1 aromatic heterocycles. The molecule has 16 heavy (non-hydrogen) atoms. The van der Waals surface area contributed by atoms with Gasteiger partial charge in [-0.1, -0.05) is 0 Å². The SMILES string of the molecule is Cc1nc2c([nH]1)CC(C(=O)NCCO)CC2. The first-order valence-corrected chi connectivity index (χ1v) is 5.63. The molecule has 1 aromatic rings. The number of nitrogens with zero attached hydrogens (tertiary/aromatic N) is 1. The Morgan fingerprint density at radius 1 is 1.69 bits per heavy atom. The minimum Gasteiger partial charge on any atom is -0.395 e. The number of aliphatic hydroxyl groups excluding tert-OH is 1. The Hall–Kier alpha value is -1.36. The zero-order chi connectivity index (χ0) is 11.5. The number of aliphatic hydroxyl groups is 1. The molecule has 1 heterocycles. The molecule has 0 spiro atoms. The number of hydrogen-bond acceptors (Lipinski definition) is 3. The van der Waals surface area contributed by atoms with Crippen LogP contribution >= 0.6 is 0 Å². The van der Waals surface area contributed by atoms with Crippen LogP contribution in [-0.2, 0) is 17.6 Å². The lowest BCUT2D eigenvalue weighted by Crippen LogP contribution is -2.35. The van der Waals surface area contributed by atoms with Crippen molar-refractivity contribution in [3.05, 3.63) is 17.2 Å². The van der Waals surface area contributed by atoms with Crippen molar-refractivity contribution in [3.63, 3.8) is 0 Å². The number of aryl methyl sites for hydroxylation is 2. The lowest BCUT2D eigenvalue weighted by atomic mass is 9.89. The zero-order valence-electron chi connectivity index (χ0n) is 9.42. The van der Waals surface area contributed by atoms with Crippen LogP contribution in [0.2, 0.25) is 0 Å². The fourth-order valence-electron chi connectivity index (χ4n) is 2.17. The molecule has 1 amide bonds. The van der Waals surface area contributed by atoms with E-state index in [0.29, 0.717) is 6.54 Å². The highest BCUT2D eigenvalue weighted by atomic mass is 16.3. The van der Waals surface area contributed by atoms with E-state index in [4.69, 9.17) is 5.11 Å². The number of aromatic amines is 1. The van der Waals surface area contributed by atoms with E-state index < -0.39 is 0 Å². The molecule has 0 saturated carbocycles. The third kappa shape index (κ3) is 2.24. The van der Waals surface area contributed by atoms with Gasteiger partial charge >= 0.3 is 0 Å². The highest BCUT2D eigenvalue weighted by Crippen LogP contribution is 2.23. The topological polar surface area (TPSA) is 78.0 Å². The molecule has 0 bridgehead atoms. The number of aromatic nitrogens is 2. The molecule has 3 N–H and O–H groups in total. The van der Waals surface area contributed by atoms with Gasteiger partial charge in [0.1, 0.15) is 5.82 Å². The molecule has 2 rings (SSSR count). The molecule has 0 fully saturated rings. The van der Waals surface area contributed by atoms with Gasteiger partial charge < -0.3 is 15.4 Å². The van der Waals surface area contributed by atoms with Gasteiger partial charge in [0.15, 0.2) is 0 Å². The minimum absolute atomic E-state index is 0.00707. The third-order valence-electron chi connectivity index (χ3n) is 2.94. The van der Waals surface area contributed by atoms with Gasteiger partial charge in [0.05, 0.1) is 12.3 Å². The molecule has 1 aliphatic carbocycles. The van der Waals surface area contributed by atoms with E-state index in [1.54, 1.807) is 0 Å². The number of hydrogen-bond donors (Lipinski definition) is 3. The number of amides is 1. The number of carbonyl (C=O) groups is 1. The van der Waals surface area contributed by atoms with E-state index in [1.807, 2.05) is 6.92 Å². The van der Waals surface area contributed by atoms with Crippen molar-refractivity contribution in [1.82, 2.24) is 15.3 Å². The fraction of sp³-hybridized carbons (Fsp3) is 0.636. The van der Waals surface area contributed by atoms with Crippen LogP contribution in [0.3, 0.4) is 0 Å². The van der Waals surface area contributed by atoms with Gasteiger partial charge in [0.2, 0.25) is 5.91 Å². The standard InChI is InChI=1S/C11H17N3O2/c1-7-13-9-3-2-8(6-10(9)14-7)11(16)12-4-5-15/h8,15H,2-6H2,1H3,(H,12,16)(H,13,14). The number of carbonyl (C=O) groups excluding carboxylic acids is 1. The summed E-state index contributed by atoms with van der Waals surface area (Å²) in [4.78, 5) is 19.3. The van der Waals surface area contributed by atoms with Gasteiger partial charge in [-0.05, 0) is 19.8 Å². The molecule has 88 valence electrons. The number of nitrogens with one attached hydrogen (secondary N) is 2. The van der Waals surface area contributed by atoms with Crippen molar-refractivity contribution in [2.75, 3.05) is 13.2 Å². The van der Waals surface area contributed by atoms with Crippen LogP contribution < -0.4 is 5.32 Å². The van der Waals surface area contributed by atoms with Crippen molar-refractivity contribution in [1.29, 1.82) is 0 Å². The Bertz CT molecular complexity index is 387. The number of fused-ring (bicyclic) bond motifs is 1. The summed E-state index contributed by atoms with van der Waals surface area (Å²) in [5, 5.41) is 11.4. The first-order chi connectivity index (χ1) is 7.70. The Morgan fingerprint density at radius 3 is 3.25 bits per heavy atom. The Kier molecular flexibility index (Phi) is 3.24. The van der Waals surface area contributed by atoms with E-state index >= 15 is 0 Å². The summed E-state index contributed by atoms with van der Waals surface area (Å²) < 4.78 is 0. The van der Waals surface area contributed by atoms with E-state index in [0.717, 1.165) is 36.5 Å². The molecule has 1 atom stereocenters. The van der Waals surface area contributed by atoms with Gasteiger partial charge in [-0.3, -0.25) is 4.79 Å². The van der Waals surface area contributed by atoms with Gasteiger partial charge in [0, 0.05) is 24.6 Å². The average molecular weight is 223 g/mol. The second-order valence-electron chi connectivity index (χ2n) is 4.20.